The quantitative estimate of drug-likeness (QED) is 0.387. The van der Waals surface area contributed by atoms with Crippen molar-refractivity contribution in [1.29, 1.82) is 0 Å². The van der Waals surface area contributed by atoms with Gasteiger partial charge in [-0.05, 0) is 19.4 Å². The maximum absolute atomic E-state index is 12.0. The first-order valence-electron chi connectivity index (χ1n) is 8.67. The molecule has 0 bridgehead atoms. The van der Waals surface area contributed by atoms with Crippen LogP contribution < -0.4 is 5.43 Å². The molecular formula is C20H21N5OS. The Bertz CT molecular complexity index is 919. The van der Waals surface area contributed by atoms with Gasteiger partial charge in [0.1, 0.15) is 0 Å². The van der Waals surface area contributed by atoms with Crippen LogP contribution in [0.25, 0.3) is 11.4 Å². The van der Waals surface area contributed by atoms with E-state index in [4.69, 9.17) is 0 Å². The largest absolute Gasteiger partial charge is 0.302 e. The van der Waals surface area contributed by atoms with Gasteiger partial charge in [-0.1, -0.05) is 71.9 Å². The molecule has 0 fully saturated rings. The van der Waals surface area contributed by atoms with E-state index in [-0.39, 0.29) is 11.7 Å². The number of carbonyl (C=O) groups excluding carboxylic acids is 1. The van der Waals surface area contributed by atoms with Crippen LogP contribution in [0.1, 0.15) is 18.1 Å². The summed E-state index contributed by atoms with van der Waals surface area (Å²) in [6.07, 6.45) is 1.63. The summed E-state index contributed by atoms with van der Waals surface area (Å²) in [5.41, 5.74) is 5.67. The van der Waals surface area contributed by atoms with E-state index in [9.17, 15) is 4.79 Å². The molecule has 0 aliphatic carbocycles. The van der Waals surface area contributed by atoms with E-state index in [1.807, 2.05) is 73.0 Å². The molecule has 0 atom stereocenters. The lowest BCUT2D eigenvalue weighted by Gasteiger charge is -2.06. The molecule has 0 saturated heterocycles. The van der Waals surface area contributed by atoms with Crippen molar-refractivity contribution in [3.63, 3.8) is 0 Å². The first-order valence-corrected chi connectivity index (χ1v) is 9.66. The van der Waals surface area contributed by atoms with Gasteiger partial charge in [0.25, 0.3) is 5.91 Å². The number of hydrogen-bond donors (Lipinski definition) is 1. The van der Waals surface area contributed by atoms with Crippen LogP contribution in [0.3, 0.4) is 0 Å². The number of nitrogens with one attached hydrogen (secondary N) is 1. The second-order valence-corrected chi connectivity index (χ2v) is 6.85. The molecule has 0 spiro atoms. The Morgan fingerprint density at radius 1 is 1.15 bits per heavy atom. The third-order valence-electron chi connectivity index (χ3n) is 3.88. The van der Waals surface area contributed by atoms with E-state index >= 15 is 0 Å². The van der Waals surface area contributed by atoms with Gasteiger partial charge < -0.3 is 4.57 Å². The van der Waals surface area contributed by atoms with Crippen molar-refractivity contribution in [3.05, 3.63) is 65.7 Å². The van der Waals surface area contributed by atoms with Crippen molar-refractivity contribution in [3.8, 4) is 11.4 Å². The Labute approximate surface area is 162 Å². The predicted molar refractivity (Wildman–Crippen MR) is 109 cm³/mol. The highest BCUT2D eigenvalue weighted by molar-refractivity contribution is 7.99. The van der Waals surface area contributed by atoms with Crippen molar-refractivity contribution >= 4 is 23.9 Å². The van der Waals surface area contributed by atoms with Gasteiger partial charge in [0.15, 0.2) is 11.0 Å². The summed E-state index contributed by atoms with van der Waals surface area (Å²) in [7, 11) is 0. The van der Waals surface area contributed by atoms with Crippen molar-refractivity contribution in [2.45, 2.75) is 25.5 Å². The zero-order chi connectivity index (χ0) is 19.1. The van der Waals surface area contributed by atoms with Gasteiger partial charge in [0.05, 0.1) is 12.0 Å². The van der Waals surface area contributed by atoms with Crippen LogP contribution in [0.4, 0.5) is 0 Å². The number of benzene rings is 2. The molecule has 0 radical (unpaired) electrons. The Morgan fingerprint density at radius 3 is 2.59 bits per heavy atom. The number of carbonyl (C=O) groups is 1. The number of aromatic nitrogens is 3. The molecule has 7 heteroatoms. The summed E-state index contributed by atoms with van der Waals surface area (Å²) in [6, 6.07) is 17.8. The second kappa shape index (κ2) is 9.14. The maximum Gasteiger partial charge on any atom is 0.250 e. The summed E-state index contributed by atoms with van der Waals surface area (Å²) in [5.74, 6) is 0.840. The first kappa shape index (κ1) is 18.8. The topological polar surface area (TPSA) is 72.2 Å². The Balaban J connectivity index is 1.57. The fourth-order valence-electron chi connectivity index (χ4n) is 2.48. The predicted octanol–water partition coefficient (Wildman–Crippen LogP) is 3.52. The molecule has 0 aliphatic heterocycles. The van der Waals surface area contributed by atoms with Crippen LogP contribution >= 0.6 is 11.8 Å². The Morgan fingerprint density at radius 2 is 1.89 bits per heavy atom. The molecule has 0 saturated carbocycles. The SMILES string of the molecule is CCn1c(SCC(=O)N/N=C/c2ccc(C)cc2)nnc1-c1ccccc1. The minimum absolute atomic E-state index is 0.185. The molecule has 3 aromatic rings. The van der Waals surface area contributed by atoms with Gasteiger partial charge >= 0.3 is 0 Å². The highest BCUT2D eigenvalue weighted by Crippen LogP contribution is 2.23. The summed E-state index contributed by atoms with van der Waals surface area (Å²) >= 11 is 1.35. The van der Waals surface area contributed by atoms with Crippen molar-refractivity contribution in [2.75, 3.05) is 5.75 Å². The van der Waals surface area contributed by atoms with Gasteiger partial charge in [0.2, 0.25) is 0 Å². The minimum atomic E-state index is -0.185. The third-order valence-corrected chi connectivity index (χ3v) is 4.84. The highest BCUT2D eigenvalue weighted by Gasteiger charge is 2.14. The third kappa shape index (κ3) is 5.04. The van der Waals surface area contributed by atoms with Crippen LogP contribution in [0, 0.1) is 6.92 Å². The van der Waals surface area contributed by atoms with Gasteiger partial charge in [0, 0.05) is 12.1 Å². The van der Waals surface area contributed by atoms with E-state index in [2.05, 4.69) is 20.7 Å². The summed E-state index contributed by atoms with van der Waals surface area (Å²) < 4.78 is 2.00. The number of nitrogens with zero attached hydrogens (tertiary/aromatic N) is 4. The van der Waals surface area contributed by atoms with E-state index in [0.29, 0.717) is 5.16 Å². The smallest absolute Gasteiger partial charge is 0.250 e. The molecule has 1 heterocycles. The van der Waals surface area contributed by atoms with Crippen molar-refractivity contribution < 1.29 is 4.79 Å². The van der Waals surface area contributed by atoms with Gasteiger partial charge in [-0.2, -0.15) is 5.10 Å². The van der Waals surface area contributed by atoms with Crippen LogP contribution in [0.5, 0.6) is 0 Å². The zero-order valence-electron chi connectivity index (χ0n) is 15.3. The van der Waals surface area contributed by atoms with E-state index < -0.39 is 0 Å². The Kier molecular flexibility index (Phi) is 6.38. The average Bonchev–Trinajstić information content (AvgIpc) is 3.11. The normalized spacial score (nSPS) is 11.0. The molecule has 138 valence electrons. The number of aryl methyl sites for hydroxylation is 1. The number of hydrazone groups is 1. The molecule has 6 nitrogen and oxygen atoms in total. The van der Waals surface area contributed by atoms with Crippen LogP contribution in [-0.4, -0.2) is 32.6 Å². The average molecular weight is 379 g/mol. The fraction of sp³-hybridized carbons (Fsp3) is 0.200. The number of rotatable bonds is 7. The molecule has 2 aromatic carbocycles. The second-order valence-electron chi connectivity index (χ2n) is 5.91. The number of amides is 1. The molecule has 3 rings (SSSR count). The van der Waals surface area contributed by atoms with E-state index in [1.54, 1.807) is 6.21 Å². The van der Waals surface area contributed by atoms with Gasteiger partial charge in [-0.3, -0.25) is 4.79 Å². The molecule has 0 aliphatic rings. The molecular weight excluding hydrogens is 358 g/mol. The zero-order valence-corrected chi connectivity index (χ0v) is 16.1. The molecule has 1 aromatic heterocycles. The first-order chi connectivity index (χ1) is 13.2. The lowest BCUT2D eigenvalue weighted by Crippen LogP contribution is -2.20. The standard InChI is InChI=1S/C20H21N5OS/c1-3-25-19(17-7-5-4-6-8-17)23-24-20(25)27-14-18(26)22-21-13-16-11-9-15(2)10-12-16/h4-13H,3,14H2,1-2H3,(H,22,26)/b21-13+. The summed E-state index contributed by atoms with van der Waals surface area (Å²) in [5, 5.41) is 13.2. The van der Waals surface area contributed by atoms with Gasteiger partial charge in [-0.15, -0.1) is 10.2 Å². The molecule has 1 N–H and O–H groups in total. The number of thioether (sulfide) groups is 1. The minimum Gasteiger partial charge on any atom is -0.302 e. The number of hydrogen-bond acceptors (Lipinski definition) is 5. The highest BCUT2D eigenvalue weighted by atomic mass is 32.2. The lowest BCUT2D eigenvalue weighted by atomic mass is 10.2. The Hall–Kier alpha value is -2.93. The van der Waals surface area contributed by atoms with Crippen LogP contribution in [0.2, 0.25) is 0 Å². The molecule has 27 heavy (non-hydrogen) atoms. The summed E-state index contributed by atoms with van der Waals surface area (Å²) in [6.45, 7) is 4.79. The summed E-state index contributed by atoms with van der Waals surface area (Å²) in [4.78, 5) is 12.0. The monoisotopic (exact) mass is 379 g/mol. The maximum atomic E-state index is 12.0. The van der Waals surface area contributed by atoms with Crippen LogP contribution in [0.15, 0.2) is 64.9 Å². The molecule has 1 amide bonds. The van der Waals surface area contributed by atoms with Crippen molar-refractivity contribution in [1.82, 2.24) is 20.2 Å². The lowest BCUT2D eigenvalue weighted by molar-refractivity contribution is -0.118. The van der Waals surface area contributed by atoms with Crippen LogP contribution in [-0.2, 0) is 11.3 Å². The fourth-order valence-corrected chi connectivity index (χ4v) is 3.27. The van der Waals surface area contributed by atoms with Gasteiger partial charge in [-0.25, -0.2) is 5.43 Å². The van der Waals surface area contributed by atoms with Crippen molar-refractivity contribution in [2.24, 2.45) is 5.10 Å². The van der Waals surface area contributed by atoms with E-state index in [1.165, 1.54) is 17.3 Å². The van der Waals surface area contributed by atoms with E-state index in [0.717, 1.165) is 23.5 Å². The molecule has 0 unspecified atom stereocenters.